The molecule has 88 heavy (non-hydrogen) atoms. The number of fused-ring (bicyclic) bond motifs is 1. The number of amides is 3. The van der Waals surface area contributed by atoms with E-state index in [-0.39, 0.29) is 24.0 Å². The van der Waals surface area contributed by atoms with Gasteiger partial charge in [-0.2, -0.15) is 11.8 Å². The third kappa shape index (κ3) is 59.2. The first kappa shape index (κ1) is 82.2. The topological polar surface area (TPSA) is 309 Å². The van der Waals surface area contributed by atoms with Crippen LogP contribution < -0.4 is 21.7 Å². The van der Waals surface area contributed by atoms with Crippen molar-refractivity contribution in [2.24, 2.45) is 5.73 Å². The highest BCUT2D eigenvalue weighted by Crippen LogP contribution is 2.33. The van der Waals surface area contributed by atoms with Crippen molar-refractivity contribution in [3.05, 3.63) is 0 Å². The lowest BCUT2D eigenvalue weighted by molar-refractivity contribution is -0.121. The minimum atomic E-state index is -0.0649. The number of thioether (sulfide) groups is 1. The Kier molecular flexibility index (Phi) is 64.9. The number of rotatable bonds is 76. The standard InChI is InChI=1S/C58H114N4O25S/c59-5-7-65-9-11-67-13-15-69-17-19-71-21-23-73-25-27-75-29-31-77-33-35-79-37-39-81-41-43-83-45-47-85-49-51-87-52-50-86-48-46-84-44-42-82-40-38-80-36-34-78-32-30-76-28-26-74-24-22-72-20-18-70-16-14-68-12-10-66-8-6-60-56(63)4-2-1-3-55-57-54(53-88-55)61-58(64)62-57/h54-55,57H,1-53,59H2,(H,60,63)(H2,61,62,64)/t54-,55-,57-/m0/s1. The van der Waals surface area contributed by atoms with Crippen molar-refractivity contribution in [1.82, 2.24) is 16.0 Å². The van der Waals surface area contributed by atoms with E-state index in [4.69, 9.17) is 115 Å². The van der Waals surface area contributed by atoms with E-state index < -0.39 is 0 Å². The van der Waals surface area contributed by atoms with Gasteiger partial charge >= 0.3 is 6.03 Å². The van der Waals surface area contributed by atoms with Gasteiger partial charge in [-0.3, -0.25) is 4.79 Å². The summed E-state index contributed by atoms with van der Waals surface area (Å²) in [5, 5.41) is 9.29. The predicted molar refractivity (Wildman–Crippen MR) is 325 cm³/mol. The largest absolute Gasteiger partial charge is 0.378 e. The van der Waals surface area contributed by atoms with Crippen molar-refractivity contribution < 1.29 is 119 Å². The maximum absolute atomic E-state index is 12.1. The zero-order valence-corrected chi connectivity index (χ0v) is 53.7. The summed E-state index contributed by atoms with van der Waals surface area (Å²) in [4.78, 5) is 23.6. The van der Waals surface area contributed by atoms with Crippen LogP contribution in [0.15, 0.2) is 0 Å². The molecule has 5 N–H and O–H groups in total. The van der Waals surface area contributed by atoms with Gasteiger partial charge in [0.2, 0.25) is 5.91 Å². The number of hydrogen-bond acceptors (Lipinski definition) is 27. The summed E-state index contributed by atoms with van der Waals surface area (Å²) in [6, 6.07) is 0.387. The summed E-state index contributed by atoms with van der Waals surface area (Å²) in [6.45, 7) is 23.4. The molecule has 30 heteroatoms. The molecule has 0 aliphatic carbocycles. The lowest BCUT2D eigenvalue weighted by atomic mass is 10.0. The van der Waals surface area contributed by atoms with E-state index in [2.05, 4.69) is 16.0 Å². The summed E-state index contributed by atoms with van der Waals surface area (Å²) in [5.74, 6) is 0.991. The quantitative estimate of drug-likeness (QED) is 0.0466. The highest BCUT2D eigenvalue weighted by atomic mass is 32.2. The van der Waals surface area contributed by atoms with Gasteiger partial charge < -0.3 is 131 Å². The summed E-state index contributed by atoms with van der Waals surface area (Å²) >= 11 is 1.90. The van der Waals surface area contributed by atoms with Crippen molar-refractivity contribution in [2.45, 2.75) is 43.0 Å². The van der Waals surface area contributed by atoms with E-state index >= 15 is 0 Å². The molecule has 0 aromatic heterocycles. The van der Waals surface area contributed by atoms with Crippen LogP contribution in [0.4, 0.5) is 4.79 Å². The molecule has 0 radical (unpaired) electrons. The van der Waals surface area contributed by atoms with Crippen LogP contribution >= 0.6 is 11.8 Å². The molecule has 522 valence electrons. The zero-order chi connectivity index (χ0) is 62.5. The Bertz CT molecular complexity index is 1440. The molecule has 0 aromatic rings. The van der Waals surface area contributed by atoms with E-state index in [1.165, 1.54) is 0 Å². The van der Waals surface area contributed by atoms with Crippen molar-refractivity contribution in [3.8, 4) is 0 Å². The van der Waals surface area contributed by atoms with Gasteiger partial charge in [0.1, 0.15) is 0 Å². The Morgan fingerprint density at radius 3 is 0.807 bits per heavy atom. The average Bonchev–Trinajstić information content (AvgIpc) is 2.39. The molecule has 3 atom stereocenters. The van der Waals surface area contributed by atoms with Crippen LogP contribution in [0, 0.1) is 0 Å². The van der Waals surface area contributed by atoms with Crippen LogP contribution in [0.2, 0.25) is 0 Å². The smallest absolute Gasteiger partial charge is 0.315 e. The molecule has 2 aliphatic heterocycles. The Labute approximate surface area is 528 Å². The number of unbranched alkanes of at least 4 members (excludes halogenated alkanes) is 1. The fourth-order valence-corrected chi connectivity index (χ4v) is 9.19. The van der Waals surface area contributed by atoms with Crippen molar-refractivity contribution >= 4 is 23.7 Å². The third-order valence-electron chi connectivity index (χ3n) is 12.1. The molecule has 2 aliphatic rings. The zero-order valence-electron chi connectivity index (χ0n) is 52.9. The van der Waals surface area contributed by atoms with Gasteiger partial charge in [-0.15, -0.1) is 0 Å². The molecule has 0 saturated carbocycles. The number of carbonyl (C=O) groups is 2. The number of urea groups is 1. The van der Waals surface area contributed by atoms with E-state index in [1.54, 1.807) is 0 Å². The third-order valence-corrected chi connectivity index (χ3v) is 13.6. The molecule has 0 unspecified atom stereocenters. The van der Waals surface area contributed by atoms with E-state index in [1.807, 2.05) is 11.8 Å². The van der Waals surface area contributed by atoms with Crippen molar-refractivity contribution in [3.63, 3.8) is 0 Å². The molecule has 2 saturated heterocycles. The summed E-state index contributed by atoms with van der Waals surface area (Å²) < 4.78 is 126. The lowest BCUT2D eigenvalue weighted by Gasteiger charge is -2.16. The second kappa shape index (κ2) is 69.5. The lowest BCUT2D eigenvalue weighted by Crippen LogP contribution is -2.36. The highest BCUT2D eigenvalue weighted by Gasteiger charge is 2.42. The highest BCUT2D eigenvalue weighted by molar-refractivity contribution is 8.00. The normalized spacial score (nSPS) is 15.6. The molecule has 0 spiro atoms. The van der Waals surface area contributed by atoms with Gasteiger partial charge in [0.15, 0.2) is 0 Å². The Morgan fingerprint density at radius 2 is 0.568 bits per heavy atom. The molecule has 3 amide bonds. The minimum Gasteiger partial charge on any atom is -0.378 e. The minimum absolute atomic E-state index is 0.0376. The number of carbonyl (C=O) groups excluding carboxylic acids is 2. The Hall–Kier alpha value is -1.87. The van der Waals surface area contributed by atoms with E-state index in [0.29, 0.717) is 329 Å². The van der Waals surface area contributed by atoms with Crippen LogP contribution in [0.25, 0.3) is 0 Å². The fourth-order valence-electron chi connectivity index (χ4n) is 7.65. The van der Waals surface area contributed by atoms with Crippen molar-refractivity contribution in [1.29, 1.82) is 0 Å². The Balaban J connectivity index is 1.09. The Morgan fingerprint density at radius 1 is 0.341 bits per heavy atom. The molecule has 0 bridgehead atoms. The molecule has 29 nitrogen and oxygen atoms in total. The number of nitrogens with two attached hydrogens (primary N) is 1. The monoisotopic (exact) mass is 1300 g/mol. The molecular formula is C58H114N4O25S. The molecule has 0 aromatic carbocycles. The molecular weight excluding hydrogens is 1180 g/mol. The van der Waals surface area contributed by atoms with Gasteiger partial charge in [-0.1, -0.05) is 6.42 Å². The number of nitrogens with one attached hydrogen (secondary N) is 3. The second-order valence-corrected chi connectivity index (χ2v) is 20.4. The van der Waals surface area contributed by atoms with Crippen LogP contribution in [0.3, 0.4) is 0 Å². The number of hydrogen-bond donors (Lipinski definition) is 4. The van der Waals surface area contributed by atoms with Crippen LogP contribution in [-0.4, -0.2) is 352 Å². The van der Waals surface area contributed by atoms with Gasteiger partial charge in [0.25, 0.3) is 0 Å². The fraction of sp³-hybridized carbons (Fsp3) is 0.966. The second-order valence-electron chi connectivity index (χ2n) is 19.1. The van der Waals surface area contributed by atoms with Gasteiger partial charge in [0.05, 0.1) is 316 Å². The summed E-state index contributed by atoms with van der Waals surface area (Å²) in [7, 11) is 0. The maximum Gasteiger partial charge on any atom is 0.315 e. The average molecular weight is 1300 g/mol. The SMILES string of the molecule is NCCOCCOCCOCCOCCOCCOCCOCCOCCOCCOCCOCCOCCOCCOCCOCCOCCOCCOCCOCCOCCOCCOCCOCCNC(=O)CCCC[C@@H]1SC[C@@H]2NC(=O)N[C@@H]21. The first-order valence-corrected chi connectivity index (χ1v) is 32.7. The molecule has 2 heterocycles. The predicted octanol–water partition coefficient (Wildman–Crippen LogP) is 0.169. The van der Waals surface area contributed by atoms with E-state index in [9.17, 15) is 9.59 Å². The first-order valence-electron chi connectivity index (χ1n) is 31.6. The van der Waals surface area contributed by atoms with Gasteiger partial charge in [0, 0.05) is 30.5 Å². The van der Waals surface area contributed by atoms with Gasteiger partial charge in [-0.25, -0.2) is 4.79 Å². The van der Waals surface area contributed by atoms with Gasteiger partial charge in [-0.05, 0) is 12.8 Å². The molecule has 2 fully saturated rings. The van der Waals surface area contributed by atoms with Crippen LogP contribution in [0.5, 0.6) is 0 Å². The van der Waals surface area contributed by atoms with Crippen molar-refractivity contribution in [2.75, 3.05) is 323 Å². The molecule has 2 rings (SSSR count). The van der Waals surface area contributed by atoms with Crippen LogP contribution in [-0.2, 0) is 114 Å². The van der Waals surface area contributed by atoms with Crippen LogP contribution in [0.1, 0.15) is 25.7 Å². The number of ether oxygens (including phenoxy) is 23. The first-order chi connectivity index (χ1) is 43.7. The maximum atomic E-state index is 12.1. The summed E-state index contributed by atoms with van der Waals surface area (Å²) in [5.41, 5.74) is 5.35. The van der Waals surface area contributed by atoms with E-state index in [0.717, 1.165) is 25.0 Å². The summed E-state index contributed by atoms with van der Waals surface area (Å²) in [6.07, 6.45) is 3.31.